The van der Waals surface area contributed by atoms with Gasteiger partial charge in [-0.3, -0.25) is 9.59 Å². The highest BCUT2D eigenvalue weighted by Crippen LogP contribution is 2.16. The predicted molar refractivity (Wildman–Crippen MR) is 96.9 cm³/mol. The molecule has 1 aliphatic heterocycles. The third kappa shape index (κ3) is 4.08. The Morgan fingerprint density at radius 3 is 2.35 bits per heavy atom. The van der Waals surface area contributed by atoms with Crippen LogP contribution in [0.3, 0.4) is 0 Å². The van der Waals surface area contributed by atoms with Crippen LogP contribution < -0.4 is 5.73 Å². The van der Waals surface area contributed by atoms with Crippen LogP contribution in [0.15, 0.2) is 54.6 Å². The molecule has 1 atom stereocenters. The molecule has 2 N–H and O–H groups in total. The SMILES string of the molecule is NC(C(=O)N1CCCN(C(=O)c2cccc(F)c2)CC1)c1ccccc1. The number of nitrogens with two attached hydrogens (primary N) is 1. The number of nitrogens with zero attached hydrogens (tertiary/aromatic N) is 2. The maximum atomic E-state index is 13.4. The van der Waals surface area contributed by atoms with Gasteiger partial charge in [-0.1, -0.05) is 36.4 Å². The molecule has 1 aliphatic rings. The van der Waals surface area contributed by atoms with E-state index >= 15 is 0 Å². The molecule has 3 rings (SSSR count). The Bertz CT molecular complexity index is 782. The van der Waals surface area contributed by atoms with Gasteiger partial charge in [0.2, 0.25) is 5.91 Å². The number of rotatable bonds is 3. The lowest BCUT2D eigenvalue weighted by molar-refractivity contribution is -0.132. The Hall–Kier alpha value is -2.73. The monoisotopic (exact) mass is 355 g/mol. The predicted octanol–water partition coefficient (Wildman–Crippen LogP) is 2.20. The molecule has 1 fully saturated rings. The Kier molecular flexibility index (Phi) is 5.63. The summed E-state index contributed by atoms with van der Waals surface area (Å²) in [6.07, 6.45) is 0.661. The van der Waals surface area contributed by atoms with E-state index in [1.165, 1.54) is 18.2 Å². The van der Waals surface area contributed by atoms with Crippen molar-refractivity contribution in [3.8, 4) is 0 Å². The van der Waals surface area contributed by atoms with Gasteiger partial charge in [0.25, 0.3) is 5.91 Å². The van der Waals surface area contributed by atoms with Crippen LogP contribution in [0, 0.1) is 5.82 Å². The number of hydrogen-bond donors (Lipinski definition) is 1. The first kappa shape index (κ1) is 18.1. The molecule has 1 unspecified atom stereocenters. The number of benzene rings is 2. The first-order valence-electron chi connectivity index (χ1n) is 8.70. The summed E-state index contributed by atoms with van der Waals surface area (Å²) in [4.78, 5) is 28.6. The Morgan fingerprint density at radius 1 is 0.923 bits per heavy atom. The fraction of sp³-hybridized carbons (Fsp3) is 0.300. The van der Waals surface area contributed by atoms with Crippen LogP contribution in [0.4, 0.5) is 4.39 Å². The fourth-order valence-electron chi connectivity index (χ4n) is 3.14. The molecular formula is C20H22FN3O2. The molecule has 0 aromatic heterocycles. The minimum absolute atomic E-state index is 0.142. The lowest BCUT2D eigenvalue weighted by atomic mass is 10.1. The van der Waals surface area contributed by atoms with E-state index in [1.807, 2.05) is 30.3 Å². The maximum absolute atomic E-state index is 13.4. The van der Waals surface area contributed by atoms with E-state index in [0.717, 1.165) is 5.56 Å². The van der Waals surface area contributed by atoms with Gasteiger partial charge in [0, 0.05) is 31.7 Å². The smallest absolute Gasteiger partial charge is 0.254 e. The second kappa shape index (κ2) is 8.10. The highest BCUT2D eigenvalue weighted by Gasteiger charge is 2.26. The van der Waals surface area contributed by atoms with Gasteiger partial charge in [-0.05, 0) is 30.2 Å². The van der Waals surface area contributed by atoms with Gasteiger partial charge >= 0.3 is 0 Å². The van der Waals surface area contributed by atoms with Crippen molar-refractivity contribution in [2.45, 2.75) is 12.5 Å². The van der Waals surface area contributed by atoms with Crippen molar-refractivity contribution in [3.05, 3.63) is 71.5 Å². The van der Waals surface area contributed by atoms with Gasteiger partial charge < -0.3 is 15.5 Å². The quantitative estimate of drug-likeness (QED) is 0.918. The number of halogens is 1. The van der Waals surface area contributed by atoms with Crippen molar-refractivity contribution in [2.75, 3.05) is 26.2 Å². The van der Waals surface area contributed by atoms with Crippen molar-refractivity contribution >= 4 is 11.8 Å². The summed E-state index contributed by atoms with van der Waals surface area (Å²) in [5.74, 6) is -0.793. The highest BCUT2D eigenvalue weighted by atomic mass is 19.1. The normalized spacial score (nSPS) is 16.1. The van der Waals surface area contributed by atoms with Gasteiger partial charge in [0.15, 0.2) is 0 Å². The van der Waals surface area contributed by atoms with Crippen LogP contribution in [0.5, 0.6) is 0 Å². The van der Waals surface area contributed by atoms with E-state index in [1.54, 1.807) is 15.9 Å². The third-order valence-corrected chi connectivity index (χ3v) is 4.59. The third-order valence-electron chi connectivity index (χ3n) is 4.59. The standard InChI is InChI=1S/C20H22FN3O2/c21-17-9-4-8-16(14-17)19(25)23-10-5-11-24(13-12-23)20(26)18(22)15-6-2-1-3-7-15/h1-4,6-9,14,18H,5,10-13,22H2. The molecule has 1 heterocycles. The topological polar surface area (TPSA) is 66.6 Å². The van der Waals surface area contributed by atoms with Crippen LogP contribution in [0.2, 0.25) is 0 Å². The molecule has 2 aromatic carbocycles. The fourth-order valence-corrected chi connectivity index (χ4v) is 3.14. The second-order valence-corrected chi connectivity index (χ2v) is 6.37. The van der Waals surface area contributed by atoms with E-state index in [0.29, 0.717) is 38.2 Å². The minimum atomic E-state index is -0.707. The summed E-state index contributed by atoms with van der Waals surface area (Å²) >= 11 is 0. The van der Waals surface area contributed by atoms with Crippen molar-refractivity contribution in [2.24, 2.45) is 5.73 Å². The van der Waals surface area contributed by atoms with E-state index < -0.39 is 11.9 Å². The largest absolute Gasteiger partial charge is 0.339 e. The zero-order valence-corrected chi connectivity index (χ0v) is 14.5. The molecule has 2 amide bonds. The van der Waals surface area contributed by atoms with Gasteiger partial charge in [0.1, 0.15) is 11.9 Å². The number of carbonyl (C=O) groups is 2. The molecule has 5 nitrogen and oxygen atoms in total. The Labute approximate surface area is 152 Å². The van der Waals surface area contributed by atoms with Crippen LogP contribution in [0.25, 0.3) is 0 Å². The van der Waals surface area contributed by atoms with Crippen molar-refractivity contribution < 1.29 is 14.0 Å². The Morgan fingerprint density at radius 2 is 1.62 bits per heavy atom. The summed E-state index contributed by atoms with van der Waals surface area (Å²) in [6, 6.07) is 14.2. The van der Waals surface area contributed by atoms with Crippen LogP contribution in [0.1, 0.15) is 28.4 Å². The molecule has 0 radical (unpaired) electrons. The van der Waals surface area contributed by atoms with Crippen molar-refractivity contribution in [1.82, 2.24) is 9.80 Å². The van der Waals surface area contributed by atoms with E-state index in [-0.39, 0.29) is 11.8 Å². The van der Waals surface area contributed by atoms with E-state index in [9.17, 15) is 14.0 Å². The van der Waals surface area contributed by atoms with E-state index in [4.69, 9.17) is 5.73 Å². The zero-order valence-electron chi connectivity index (χ0n) is 14.5. The average molecular weight is 355 g/mol. The van der Waals surface area contributed by atoms with Crippen LogP contribution in [-0.2, 0) is 4.79 Å². The van der Waals surface area contributed by atoms with Crippen molar-refractivity contribution in [3.63, 3.8) is 0 Å². The average Bonchev–Trinajstić information content (AvgIpc) is 2.93. The zero-order chi connectivity index (χ0) is 18.5. The molecule has 0 saturated carbocycles. The summed E-state index contributed by atoms with van der Waals surface area (Å²) in [6.45, 7) is 1.90. The molecular weight excluding hydrogens is 333 g/mol. The molecule has 0 spiro atoms. The van der Waals surface area contributed by atoms with Gasteiger partial charge in [0.05, 0.1) is 0 Å². The molecule has 0 aliphatic carbocycles. The first-order chi connectivity index (χ1) is 12.6. The lowest BCUT2D eigenvalue weighted by Crippen LogP contribution is -2.41. The molecule has 26 heavy (non-hydrogen) atoms. The maximum Gasteiger partial charge on any atom is 0.254 e. The van der Waals surface area contributed by atoms with Gasteiger partial charge in [-0.2, -0.15) is 0 Å². The Balaban J connectivity index is 1.64. The molecule has 6 heteroatoms. The van der Waals surface area contributed by atoms with Crippen molar-refractivity contribution in [1.29, 1.82) is 0 Å². The minimum Gasteiger partial charge on any atom is -0.339 e. The number of carbonyl (C=O) groups excluding carboxylic acids is 2. The lowest BCUT2D eigenvalue weighted by Gasteiger charge is -2.25. The first-order valence-corrected chi connectivity index (χ1v) is 8.70. The summed E-state index contributed by atoms with van der Waals surface area (Å²) in [7, 11) is 0. The highest BCUT2D eigenvalue weighted by molar-refractivity contribution is 5.94. The second-order valence-electron chi connectivity index (χ2n) is 6.37. The number of amides is 2. The van der Waals surface area contributed by atoms with Crippen LogP contribution in [-0.4, -0.2) is 47.8 Å². The van der Waals surface area contributed by atoms with E-state index in [2.05, 4.69) is 0 Å². The molecule has 1 saturated heterocycles. The summed E-state index contributed by atoms with van der Waals surface area (Å²) in [5, 5.41) is 0. The summed E-state index contributed by atoms with van der Waals surface area (Å²) in [5.41, 5.74) is 7.21. The molecule has 2 aromatic rings. The van der Waals surface area contributed by atoms with Gasteiger partial charge in [-0.15, -0.1) is 0 Å². The number of hydrogen-bond acceptors (Lipinski definition) is 3. The molecule has 136 valence electrons. The summed E-state index contributed by atoms with van der Waals surface area (Å²) < 4.78 is 13.4. The molecule has 0 bridgehead atoms. The van der Waals surface area contributed by atoms with Gasteiger partial charge in [-0.25, -0.2) is 4.39 Å². The van der Waals surface area contributed by atoms with Crippen LogP contribution >= 0.6 is 0 Å².